The number of nitrogens with one attached hydrogen (secondary N) is 1. The lowest BCUT2D eigenvalue weighted by atomic mass is 9.97. The number of amides is 1. The molecule has 0 aliphatic carbocycles. The van der Waals surface area contributed by atoms with E-state index in [1.54, 1.807) is 11.3 Å². The Hall–Kier alpha value is -2.67. The van der Waals surface area contributed by atoms with Crippen molar-refractivity contribution in [2.75, 3.05) is 18.0 Å². The molecule has 1 N–H and O–H groups in total. The van der Waals surface area contributed by atoms with Crippen LogP contribution in [-0.2, 0) is 17.8 Å². The molecule has 30 heavy (non-hydrogen) atoms. The van der Waals surface area contributed by atoms with E-state index in [9.17, 15) is 4.79 Å². The molecule has 4 rings (SSSR count). The predicted octanol–water partition coefficient (Wildman–Crippen LogP) is 4.04. The fourth-order valence-electron chi connectivity index (χ4n) is 3.99. The van der Waals surface area contributed by atoms with Gasteiger partial charge in [-0.1, -0.05) is 42.5 Å². The quantitative estimate of drug-likeness (QED) is 0.650. The molecule has 0 saturated carbocycles. The Morgan fingerprint density at radius 1 is 1.07 bits per heavy atom. The Morgan fingerprint density at radius 2 is 1.73 bits per heavy atom. The first-order chi connectivity index (χ1) is 14.5. The first-order valence-corrected chi connectivity index (χ1v) is 11.5. The minimum Gasteiger partial charge on any atom is -0.352 e. The van der Waals surface area contributed by atoms with Gasteiger partial charge in [0.15, 0.2) is 0 Å². The highest BCUT2D eigenvalue weighted by molar-refractivity contribution is 7.17. The van der Waals surface area contributed by atoms with Crippen LogP contribution in [0.5, 0.6) is 0 Å². The number of rotatable bonds is 6. The molecular formula is C23H29N5OS. The van der Waals surface area contributed by atoms with Gasteiger partial charge in [-0.3, -0.25) is 9.36 Å². The van der Waals surface area contributed by atoms with Crippen LogP contribution in [0.15, 0.2) is 36.4 Å². The first-order valence-electron chi connectivity index (χ1n) is 10.6. The lowest BCUT2D eigenvalue weighted by molar-refractivity contribution is -0.125. The van der Waals surface area contributed by atoms with Gasteiger partial charge >= 0.3 is 0 Å². The van der Waals surface area contributed by atoms with Gasteiger partial charge in [0.25, 0.3) is 0 Å². The van der Waals surface area contributed by atoms with Crippen molar-refractivity contribution in [3.8, 4) is 5.13 Å². The van der Waals surface area contributed by atoms with Crippen LogP contribution in [0, 0.1) is 19.8 Å². The summed E-state index contributed by atoms with van der Waals surface area (Å²) in [6.45, 7) is 8.48. The molecule has 158 valence electrons. The summed E-state index contributed by atoms with van der Waals surface area (Å²) < 4.78 is 2.12. The number of nitrogens with zero attached hydrogens (tertiary/aromatic N) is 4. The van der Waals surface area contributed by atoms with E-state index in [-0.39, 0.29) is 11.8 Å². The predicted molar refractivity (Wildman–Crippen MR) is 121 cm³/mol. The monoisotopic (exact) mass is 423 g/mol. The van der Waals surface area contributed by atoms with Gasteiger partial charge in [0.1, 0.15) is 0 Å². The summed E-state index contributed by atoms with van der Waals surface area (Å²) >= 11 is 1.59. The molecule has 1 amide bonds. The fraction of sp³-hybridized carbons (Fsp3) is 0.435. The van der Waals surface area contributed by atoms with E-state index in [1.807, 2.05) is 0 Å². The van der Waals surface area contributed by atoms with Crippen LogP contribution in [0.25, 0.3) is 5.13 Å². The zero-order chi connectivity index (χ0) is 21.1. The third-order valence-corrected chi connectivity index (χ3v) is 6.80. The number of carbonyl (C=O) groups excluding carboxylic acids is 1. The SMILES string of the molecule is CCc1ccc(CNC(=O)[C@H]2CCCN(c3nnc(-n4c(C)ccc4C)s3)C2)cc1. The number of piperidine rings is 1. The van der Waals surface area contributed by atoms with Crippen molar-refractivity contribution in [1.82, 2.24) is 20.1 Å². The fourth-order valence-corrected chi connectivity index (χ4v) is 4.99. The number of carbonyl (C=O) groups is 1. The summed E-state index contributed by atoms with van der Waals surface area (Å²) in [5.41, 5.74) is 4.75. The average Bonchev–Trinajstić information content (AvgIpc) is 3.38. The Morgan fingerprint density at radius 3 is 2.43 bits per heavy atom. The third kappa shape index (κ3) is 4.41. The number of anilines is 1. The molecule has 1 fully saturated rings. The molecule has 6 nitrogen and oxygen atoms in total. The third-order valence-electron chi connectivity index (χ3n) is 5.83. The average molecular weight is 424 g/mol. The number of aryl methyl sites for hydroxylation is 3. The summed E-state index contributed by atoms with van der Waals surface area (Å²) in [5.74, 6) is 0.108. The molecule has 1 aliphatic heterocycles. The molecule has 0 bridgehead atoms. The summed E-state index contributed by atoms with van der Waals surface area (Å²) in [5, 5.41) is 13.7. The molecule has 0 spiro atoms. The number of hydrogen-bond acceptors (Lipinski definition) is 5. The largest absolute Gasteiger partial charge is 0.352 e. The normalized spacial score (nSPS) is 16.6. The molecule has 3 heterocycles. The Balaban J connectivity index is 1.37. The maximum atomic E-state index is 12.8. The van der Waals surface area contributed by atoms with Crippen molar-refractivity contribution in [2.45, 2.75) is 46.6 Å². The minimum absolute atomic E-state index is 0.0175. The summed E-state index contributed by atoms with van der Waals surface area (Å²) in [6, 6.07) is 12.6. The second-order valence-corrected chi connectivity index (χ2v) is 8.93. The highest BCUT2D eigenvalue weighted by atomic mass is 32.1. The zero-order valence-electron chi connectivity index (χ0n) is 17.9. The smallest absolute Gasteiger partial charge is 0.225 e. The molecule has 1 aliphatic rings. The van der Waals surface area contributed by atoms with Gasteiger partial charge in [0.05, 0.1) is 5.92 Å². The molecule has 0 unspecified atom stereocenters. The van der Waals surface area contributed by atoms with E-state index in [2.05, 4.69) is 82.2 Å². The van der Waals surface area contributed by atoms with Crippen molar-refractivity contribution in [3.05, 3.63) is 58.9 Å². The van der Waals surface area contributed by atoms with E-state index in [1.165, 1.54) is 5.56 Å². The molecule has 1 atom stereocenters. The van der Waals surface area contributed by atoms with E-state index in [0.717, 1.165) is 53.0 Å². The maximum absolute atomic E-state index is 12.8. The molecule has 3 aromatic rings. The van der Waals surface area contributed by atoms with Gasteiger partial charge in [0.2, 0.25) is 16.2 Å². The maximum Gasteiger partial charge on any atom is 0.225 e. The van der Waals surface area contributed by atoms with Crippen molar-refractivity contribution >= 4 is 22.4 Å². The Labute approximate surface area is 181 Å². The zero-order valence-corrected chi connectivity index (χ0v) is 18.7. The summed E-state index contributed by atoms with van der Waals surface area (Å²) in [4.78, 5) is 15.0. The number of aromatic nitrogens is 3. The van der Waals surface area contributed by atoms with E-state index >= 15 is 0 Å². The molecule has 2 aromatic heterocycles. The highest BCUT2D eigenvalue weighted by Crippen LogP contribution is 2.29. The van der Waals surface area contributed by atoms with Gasteiger partial charge in [0, 0.05) is 31.0 Å². The molecule has 0 radical (unpaired) electrons. The minimum atomic E-state index is -0.0175. The van der Waals surface area contributed by atoms with Crippen molar-refractivity contribution < 1.29 is 4.79 Å². The number of benzene rings is 1. The molecule has 7 heteroatoms. The first kappa shape index (κ1) is 20.6. The second kappa shape index (κ2) is 9.00. The lowest BCUT2D eigenvalue weighted by Gasteiger charge is -2.31. The van der Waals surface area contributed by atoms with Crippen LogP contribution < -0.4 is 10.2 Å². The van der Waals surface area contributed by atoms with Gasteiger partial charge in [-0.05, 0) is 56.4 Å². The van der Waals surface area contributed by atoms with E-state index in [0.29, 0.717) is 13.1 Å². The summed E-state index contributed by atoms with van der Waals surface area (Å²) in [7, 11) is 0. The van der Waals surface area contributed by atoms with Crippen LogP contribution >= 0.6 is 11.3 Å². The standard InChI is InChI=1S/C23H29N5OS/c1-4-18-9-11-19(12-10-18)14-24-21(29)20-6-5-13-27(15-20)22-25-26-23(30-22)28-16(2)7-8-17(28)3/h7-12,20H,4-6,13-15H2,1-3H3,(H,24,29)/t20-/m0/s1. The van der Waals surface area contributed by atoms with Crippen molar-refractivity contribution in [2.24, 2.45) is 5.92 Å². The van der Waals surface area contributed by atoms with Crippen LogP contribution in [0.4, 0.5) is 5.13 Å². The Bertz CT molecular complexity index is 988. The molecule has 1 aromatic carbocycles. The van der Waals surface area contributed by atoms with Crippen LogP contribution in [-0.4, -0.2) is 33.8 Å². The number of hydrogen-bond donors (Lipinski definition) is 1. The van der Waals surface area contributed by atoms with Gasteiger partial charge in [-0.25, -0.2) is 0 Å². The van der Waals surface area contributed by atoms with E-state index < -0.39 is 0 Å². The topological polar surface area (TPSA) is 63.1 Å². The molecular weight excluding hydrogens is 394 g/mol. The van der Waals surface area contributed by atoms with Gasteiger partial charge in [-0.15, -0.1) is 10.2 Å². The second-order valence-electron chi connectivity index (χ2n) is 7.99. The lowest BCUT2D eigenvalue weighted by Crippen LogP contribution is -2.43. The van der Waals surface area contributed by atoms with Crippen molar-refractivity contribution in [1.29, 1.82) is 0 Å². The summed E-state index contributed by atoms with van der Waals surface area (Å²) in [6.07, 6.45) is 2.93. The molecule has 1 saturated heterocycles. The van der Waals surface area contributed by atoms with Crippen LogP contribution in [0.1, 0.15) is 42.3 Å². The Kier molecular flexibility index (Phi) is 6.18. The van der Waals surface area contributed by atoms with Crippen molar-refractivity contribution in [3.63, 3.8) is 0 Å². The highest BCUT2D eigenvalue weighted by Gasteiger charge is 2.27. The van der Waals surface area contributed by atoms with Crippen LogP contribution in [0.2, 0.25) is 0 Å². The van der Waals surface area contributed by atoms with Gasteiger partial charge in [-0.2, -0.15) is 0 Å². The van der Waals surface area contributed by atoms with Crippen LogP contribution in [0.3, 0.4) is 0 Å². The van der Waals surface area contributed by atoms with E-state index in [4.69, 9.17) is 0 Å². The van der Waals surface area contributed by atoms with Gasteiger partial charge < -0.3 is 10.2 Å².